The molecule has 0 N–H and O–H groups in total. The molecule has 0 bridgehead atoms. The molecule has 0 saturated heterocycles. The zero-order valence-electron chi connectivity index (χ0n) is 11.3. The number of rotatable bonds is 3. The standard InChI is InChI=1S/C17H14BrFO2/c18-17-12(5-3-6-14(17)19)9-15(20)13-8-11-4-1-2-7-16(11)21-10-13/h1-7,13H,8-10H2. The van der Waals surface area contributed by atoms with Gasteiger partial charge in [-0.1, -0.05) is 30.3 Å². The fraction of sp³-hybridized carbons (Fsp3) is 0.235. The van der Waals surface area contributed by atoms with Crippen LogP contribution in [-0.2, 0) is 17.6 Å². The molecule has 0 fully saturated rings. The van der Waals surface area contributed by atoms with Gasteiger partial charge < -0.3 is 4.74 Å². The molecule has 108 valence electrons. The minimum Gasteiger partial charge on any atom is -0.493 e. The lowest BCUT2D eigenvalue weighted by atomic mass is 9.90. The van der Waals surface area contributed by atoms with Crippen molar-refractivity contribution in [2.75, 3.05) is 6.61 Å². The number of para-hydroxylation sites is 1. The first-order chi connectivity index (χ1) is 10.1. The van der Waals surface area contributed by atoms with Gasteiger partial charge >= 0.3 is 0 Å². The van der Waals surface area contributed by atoms with Crippen LogP contribution >= 0.6 is 15.9 Å². The first-order valence-electron chi connectivity index (χ1n) is 6.81. The fourth-order valence-electron chi connectivity index (χ4n) is 2.55. The van der Waals surface area contributed by atoms with E-state index in [1.54, 1.807) is 12.1 Å². The zero-order chi connectivity index (χ0) is 14.8. The van der Waals surface area contributed by atoms with E-state index >= 15 is 0 Å². The third kappa shape index (κ3) is 3.00. The lowest BCUT2D eigenvalue weighted by molar-refractivity contribution is -0.123. The van der Waals surface area contributed by atoms with Gasteiger partial charge in [-0.2, -0.15) is 0 Å². The molecule has 1 aliphatic rings. The Bertz CT molecular complexity index is 684. The predicted octanol–water partition coefficient (Wildman–Crippen LogP) is 3.95. The Morgan fingerprint density at radius 2 is 2.05 bits per heavy atom. The van der Waals surface area contributed by atoms with Crippen molar-refractivity contribution in [1.29, 1.82) is 0 Å². The Balaban J connectivity index is 1.74. The SMILES string of the molecule is O=C(Cc1cccc(F)c1Br)C1COc2ccccc2C1. The Morgan fingerprint density at radius 3 is 2.90 bits per heavy atom. The Kier molecular flexibility index (Phi) is 4.06. The molecular weight excluding hydrogens is 335 g/mol. The smallest absolute Gasteiger partial charge is 0.144 e. The third-order valence-corrected chi connectivity index (χ3v) is 4.62. The van der Waals surface area contributed by atoms with Crippen LogP contribution in [-0.4, -0.2) is 12.4 Å². The number of carbonyl (C=O) groups excluding carboxylic acids is 1. The number of hydrogen-bond acceptors (Lipinski definition) is 2. The van der Waals surface area contributed by atoms with Crippen LogP contribution in [0.15, 0.2) is 46.9 Å². The van der Waals surface area contributed by atoms with Gasteiger partial charge in [-0.3, -0.25) is 4.79 Å². The molecule has 2 aromatic rings. The second-order valence-corrected chi connectivity index (χ2v) is 5.97. The van der Waals surface area contributed by atoms with Gasteiger partial charge in [0, 0.05) is 6.42 Å². The van der Waals surface area contributed by atoms with Gasteiger partial charge in [-0.15, -0.1) is 0 Å². The van der Waals surface area contributed by atoms with Gasteiger partial charge in [-0.05, 0) is 45.6 Å². The average Bonchev–Trinajstić information content (AvgIpc) is 2.51. The van der Waals surface area contributed by atoms with Gasteiger partial charge in [0.15, 0.2) is 0 Å². The topological polar surface area (TPSA) is 26.3 Å². The highest BCUT2D eigenvalue weighted by atomic mass is 79.9. The first kappa shape index (κ1) is 14.3. The Hall–Kier alpha value is -1.68. The number of hydrogen-bond donors (Lipinski definition) is 0. The van der Waals surface area contributed by atoms with E-state index < -0.39 is 0 Å². The number of fused-ring (bicyclic) bond motifs is 1. The molecule has 4 heteroatoms. The molecule has 0 radical (unpaired) electrons. The molecule has 0 aliphatic carbocycles. The maximum Gasteiger partial charge on any atom is 0.144 e. The average molecular weight is 349 g/mol. The van der Waals surface area contributed by atoms with Crippen molar-refractivity contribution < 1.29 is 13.9 Å². The summed E-state index contributed by atoms with van der Waals surface area (Å²) >= 11 is 3.20. The molecule has 21 heavy (non-hydrogen) atoms. The van der Waals surface area contributed by atoms with Crippen LogP contribution < -0.4 is 4.74 Å². The second kappa shape index (κ2) is 5.98. The molecule has 1 atom stereocenters. The van der Waals surface area contributed by atoms with E-state index in [1.165, 1.54) is 6.07 Å². The predicted molar refractivity (Wildman–Crippen MR) is 81.9 cm³/mol. The summed E-state index contributed by atoms with van der Waals surface area (Å²) < 4.78 is 19.5. The van der Waals surface area contributed by atoms with Crippen LogP contribution in [0.4, 0.5) is 4.39 Å². The summed E-state index contributed by atoms with van der Waals surface area (Å²) in [6.45, 7) is 0.392. The van der Waals surface area contributed by atoms with Crippen LogP contribution in [0.1, 0.15) is 11.1 Å². The van der Waals surface area contributed by atoms with Crippen LogP contribution in [0.2, 0.25) is 0 Å². The van der Waals surface area contributed by atoms with E-state index in [2.05, 4.69) is 15.9 Å². The van der Waals surface area contributed by atoms with Crippen LogP contribution in [0.5, 0.6) is 5.75 Å². The molecule has 1 aliphatic heterocycles. The van der Waals surface area contributed by atoms with Gasteiger partial charge in [0.1, 0.15) is 17.3 Å². The van der Waals surface area contributed by atoms with Gasteiger partial charge in [-0.25, -0.2) is 4.39 Å². The molecule has 3 rings (SSSR count). The van der Waals surface area contributed by atoms with Crippen molar-refractivity contribution in [3.63, 3.8) is 0 Å². The number of ketones is 1. The summed E-state index contributed by atoms with van der Waals surface area (Å²) in [5.74, 6) is 0.421. The van der Waals surface area contributed by atoms with Crippen molar-refractivity contribution >= 4 is 21.7 Å². The Morgan fingerprint density at radius 1 is 1.24 bits per heavy atom. The third-order valence-electron chi connectivity index (χ3n) is 3.73. The monoisotopic (exact) mass is 348 g/mol. The van der Waals surface area contributed by atoms with E-state index in [0.29, 0.717) is 23.1 Å². The normalized spacial score (nSPS) is 17.0. The first-order valence-corrected chi connectivity index (χ1v) is 7.61. The number of halogens is 2. The molecule has 2 nitrogen and oxygen atoms in total. The van der Waals surface area contributed by atoms with Crippen molar-refractivity contribution in [2.24, 2.45) is 5.92 Å². The molecular formula is C17H14BrFO2. The van der Waals surface area contributed by atoms with Crippen LogP contribution in [0.3, 0.4) is 0 Å². The number of benzene rings is 2. The fourth-order valence-corrected chi connectivity index (χ4v) is 2.96. The van der Waals surface area contributed by atoms with E-state index in [9.17, 15) is 9.18 Å². The van der Waals surface area contributed by atoms with Crippen molar-refractivity contribution in [3.05, 3.63) is 63.9 Å². The number of ether oxygens (including phenoxy) is 1. The second-order valence-electron chi connectivity index (χ2n) is 5.18. The quantitative estimate of drug-likeness (QED) is 0.839. The minimum atomic E-state index is -0.342. The van der Waals surface area contributed by atoms with Gasteiger partial charge in [0.2, 0.25) is 0 Å². The van der Waals surface area contributed by atoms with Gasteiger partial charge in [0.25, 0.3) is 0 Å². The molecule has 0 saturated carbocycles. The summed E-state index contributed by atoms with van der Waals surface area (Å²) in [5.41, 5.74) is 1.74. The molecule has 1 heterocycles. The maximum absolute atomic E-state index is 13.5. The molecule has 0 aromatic heterocycles. The molecule has 0 amide bonds. The number of carbonyl (C=O) groups is 1. The van der Waals surface area contributed by atoms with Crippen molar-refractivity contribution in [1.82, 2.24) is 0 Å². The summed E-state index contributed by atoms with van der Waals surface area (Å²) in [6.07, 6.45) is 0.899. The Labute approximate surface area is 131 Å². The molecule has 2 aromatic carbocycles. The highest BCUT2D eigenvalue weighted by Crippen LogP contribution is 2.28. The van der Waals surface area contributed by atoms with E-state index in [4.69, 9.17) is 4.74 Å². The summed E-state index contributed by atoms with van der Waals surface area (Å²) in [7, 11) is 0. The molecule has 1 unspecified atom stereocenters. The van der Waals surface area contributed by atoms with E-state index in [-0.39, 0.29) is 23.9 Å². The van der Waals surface area contributed by atoms with Crippen LogP contribution in [0.25, 0.3) is 0 Å². The summed E-state index contributed by atoms with van der Waals surface area (Å²) in [5, 5.41) is 0. The highest BCUT2D eigenvalue weighted by Gasteiger charge is 2.26. The lowest BCUT2D eigenvalue weighted by Crippen LogP contribution is -2.29. The minimum absolute atomic E-state index is 0.0794. The van der Waals surface area contributed by atoms with Crippen molar-refractivity contribution in [2.45, 2.75) is 12.8 Å². The summed E-state index contributed by atoms with van der Waals surface area (Å²) in [4.78, 5) is 12.4. The van der Waals surface area contributed by atoms with Crippen LogP contribution in [0, 0.1) is 11.7 Å². The summed E-state index contributed by atoms with van der Waals surface area (Å²) in [6, 6.07) is 12.5. The highest BCUT2D eigenvalue weighted by molar-refractivity contribution is 9.10. The number of Topliss-reactive ketones (excluding diaryl/α,β-unsaturated/α-hetero) is 1. The largest absolute Gasteiger partial charge is 0.493 e. The van der Waals surface area contributed by atoms with Gasteiger partial charge in [0.05, 0.1) is 17.0 Å². The zero-order valence-corrected chi connectivity index (χ0v) is 12.9. The van der Waals surface area contributed by atoms with E-state index in [1.807, 2.05) is 24.3 Å². The van der Waals surface area contributed by atoms with Crippen molar-refractivity contribution in [3.8, 4) is 5.75 Å². The molecule has 0 spiro atoms. The maximum atomic E-state index is 13.5. The van der Waals surface area contributed by atoms with E-state index in [0.717, 1.165) is 11.3 Å². The lowest BCUT2D eigenvalue weighted by Gasteiger charge is -2.24.